The van der Waals surface area contributed by atoms with Crippen LogP contribution in [0, 0.1) is 0 Å². The first-order valence-electron chi connectivity index (χ1n) is 15.5. The van der Waals surface area contributed by atoms with Gasteiger partial charge >= 0.3 is 11.9 Å². The molecule has 0 fully saturated rings. The lowest BCUT2D eigenvalue weighted by molar-refractivity contribution is -0.145. The highest BCUT2D eigenvalue weighted by Crippen LogP contribution is 2.37. The number of carbonyl (C=O) groups excluding carboxylic acids is 3. The highest BCUT2D eigenvalue weighted by Gasteiger charge is 2.34. The Morgan fingerprint density at radius 2 is 1.41 bits per heavy atom. The van der Waals surface area contributed by atoms with Gasteiger partial charge in [-0.05, 0) is 75.2 Å². The molecule has 0 spiro atoms. The van der Waals surface area contributed by atoms with Crippen molar-refractivity contribution in [2.24, 2.45) is 0 Å². The number of nitrogens with one attached hydrogen (secondary N) is 3. The summed E-state index contributed by atoms with van der Waals surface area (Å²) in [6.07, 6.45) is 2.78. The van der Waals surface area contributed by atoms with Crippen LogP contribution in [0.15, 0.2) is 79.1 Å². The Morgan fingerprint density at radius 1 is 0.837 bits per heavy atom. The Morgan fingerprint density at radius 3 is 1.90 bits per heavy atom. The van der Waals surface area contributed by atoms with Crippen molar-refractivity contribution in [1.82, 2.24) is 30.4 Å². The van der Waals surface area contributed by atoms with Crippen molar-refractivity contribution in [1.29, 1.82) is 0 Å². The lowest BCUT2D eigenvalue weighted by Crippen LogP contribution is -2.44. The fraction of sp³-hybridized carbons (Fsp3) is 0.294. The van der Waals surface area contributed by atoms with Crippen LogP contribution in [0.25, 0.3) is 11.5 Å². The summed E-state index contributed by atoms with van der Waals surface area (Å²) in [4.78, 5) is 50.9. The average molecular weight is 691 g/mol. The molecule has 0 aliphatic heterocycles. The average Bonchev–Trinajstić information content (AvgIpc) is 3.11. The fourth-order valence-corrected chi connectivity index (χ4v) is 7.01. The monoisotopic (exact) mass is 690 g/mol. The van der Waals surface area contributed by atoms with Gasteiger partial charge in [0, 0.05) is 17.7 Å². The Hall–Kier alpha value is -5.17. The second kappa shape index (κ2) is 16.8. The van der Waals surface area contributed by atoms with Gasteiger partial charge < -0.3 is 24.6 Å². The van der Waals surface area contributed by atoms with E-state index in [-0.39, 0.29) is 29.9 Å². The molecule has 1 amide bonds. The summed E-state index contributed by atoms with van der Waals surface area (Å²) in [5.41, 5.74) is 1.51. The molecule has 1 unspecified atom stereocenters. The predicted molar refractivity (Wildman–Crippen MR) is 181 cm³/mol. The predicted octanol–water partition coefficient (Wildman–Crippen LogP) is 3.67. The highest BCUT2D eigenvalue weighted by molar-refractivity contribution is 7.67. The maximum absolute atomic E-state index is 14.4. The molecule has 2 aromatic heterocycles. The van der Waals surface area contributed by atoms with E-state index in [4.69, 9.17) is 14.2 Å². The first kappa shape index (κ1) is 36.7. The third-order valence-electron chi connectivity index (χ3n) is 7.25. The number of esters is 2. The third-order valence-corrected chi connectivity index (χ3v) is 9.78. The summed E-state index contributed by atoms with van der Waals surface area (Å²) in [5, 5.41) is 19.5. The minimum atomic E-state index is -3.84. The smallest absolute Gasteiger partial charge is 0.323 e. The van der Waals surface area contributed by atoms with E-state index in [0.717, 1.165) is 0 Å². The SMILES string of the molecule is CCOC(=O)[C@H](C)NP(=O)(N[C@@H](C)C(=O)OCC)c1ccc(C(NC(=O)c2cnc(-c3ccccn3)nc2O)c2ccc(OC)cc2)cc1. The molecular weight excluding hydrogens is 651 g/mol. The number of nitrogens with zero attached hydrogens (tertiary/aromatic N) is 3. The molecule has 49 heavy (non-hydrogen) atoms. The van der Waals surface area contributed by atoms with Crippen molar-refractivity contribution >= 4 is 30.6 Å². The van der Waals surface area contributed by atoms with Gasteiger partial charge in [0.1, 0.15) is 29.1 Å². The number of rotatable bonds is 15. The molecule has 0 aliphatic carbocycles. The second-order valence-electron chi connectivity index (χ2n) is 10.7. The van der Waals surface area contributed by atoms with Crippen LogP contribution in [0.1, 0.15) is 55.2 Å². The van der Waals surface area contributed by atoms with Gasteiger partial charge in [-0.1, -0.05) is 30.3 Å². The molecule has 4 rings (SSSR count). The van der Waals surface area contributed by atoms with Crippen LogP contribution in [0.4, 0.5) is 0 Å². The Labute approximate surface area is 284 Å². The lowest BCUT2D eigenvalue weighted by Gasteiger charge is -2.27. The molecule has 2 aromatic carbocycles. The zero-order chi connectivity index (χ0) is 35.6. The molecule has 0 aliphatic rings. The van der Waals surface area contributed by atoms with Crippen molar-refractivity contribution in [3.05, 3.63) is 95.8 Å². The van der Waals surface area contributed by atoms with E-state index in [2.05, 4.69) is 30.4 Å². The summed E-state index contributed by atoms with van der Waals surface area (Å²) < 4.78 is 29.9. The van der Waals surface area contributed by atoms with Crippen molar-refractivity contribution in [2.45, 2.75) is 45.8 Å². The van der Waals surface area contributed by atoms with Gasteiger partial charge in [-0.25, -0.2) is 15.2 Å². The van der Waals surface area contributed by atoms with E-state index in [1.54, 1.807) is 86.8 Å². The number of pyridine rings is 1. The molecule has 0 saturated heterocycles. The number of hydrogen-bond donors (Lipinski definition) is 4. The quantitative estimate of drug-likeness (QED) is 0.104. The summed E-state index contributed by atoms with van der Waals surface area (Å²) >= 11 is 0. The molecule has 4 N–H and O–H groups in total. The summed E-state index contributed by atoms with van der Waals surface area (Å²) in [6.45, 7) is 6.60. The number of benzene rings is 2. The molecule has 3 atom stereocenters. The Kier molecular flexibility index (Phi) is 12.6. The molecular formula is C34H39N6O8P. The number of methoxy groups -OCH3 is 1. The van der Waals surface area contributed by atoms with Crippen LogP contribution in [0.2, 0.25) is 0 Å². The van der Waals surface area contributed by atoms with Crippen LogP contribution >= 0.6 is 7.44 Å². The summed E-state index contributed by atoms with van der Waals surface area (Å²) in [6, 6.07) is 15.9. The van der Waals surface area contributed by atoms with Gasteiger partial charge in [-0.3, -0.25) is 23.9 Å². The molecule has 258 valence electrons. The van der Waals surface area contributed by atoms with Crippen LogP contribution in [-0.2, 0) is 23.6 Å². The standard InChI is InChI=1S/C34H39N6O8P/c1-6-47-33(43)21(3)39-49(45,40-22(4)34(44)48-7-2)26-17-13-24(14-18-26)29(23-11-15-25(46-5)16-12-23)37-31(41)27-20-36-30(38-32(27)42)28-10-8-9-19-35-28/h8-22,29H,6-7H2,1-5H3,(H,37,41)(H,36,38,42)(H2,39,40,45)/t21-,22-,29?/m0/s1. The minimum Gasteiger partial charge on any atom is -0.497 e. The van der Waals surface area contributed by atoms with E-state index in [1.807, 2.05) is 0 Å². The Balaban J connectivity index is 1.68. The van der Waals surface area contributed by atoms with Gasteiger partial charge in [0.15, 0.2) is 5.82 Å². The molecule has 0 saturated carbocycles. The van der Waals surface area contributed by atoms with Gasteiger partial charge in [0.2, 0.25) is 13.3 Å². The summed E-state index contributed by atoms with van der Waals surface area (Å²) in [7, 11) is -2.31. The zero-order valence-corrected chi connectivity index (χ0v) is 28.6. The number of amides is 1. The number of aromatic nitrogens is 3. The molecule has 15 heteroatoms. The van der Waals surface area contributed by atoms with Crippen LogP contribution in [0.3, 0.4) is 0 Å². The number of aromatic hydroxyl groups is 1. The minimum absolute atomic E-state index is 0.132. The van der Waals surface area contributed by atoms with Crippen molar-refractivity contribution in [3.63, 3.8) is 0 Å². The summed E-state index contributed by atoms with van der Waals surface area (Å²) in [5.74, 6) is -1.67. The molecule has 2 heterocycles. The van der Waals surface area contributed by atoms with E-state index in [9.17, 15) is 24.1 Å². The van der Waals surface area contributed by atoms with Gasteiger partial charge in [0.05, 0.1) is 26.4 Å². The number of ether oxygens (including phenoxy) is 3. The van der Waals surface area contributed by atoms with Gasteiger partial charge in [-0.15, -0.1) is 0 Å². The van der Waals surface area contributed by atoms with Crippen molar-refractivity contribution < 1.29 is 38.3 Å². The normalized spacial score (nSPS) is 13.1. The lowest BCUT2D eigenvalue weighted by atomic mass is 9.98. The van der Waals surface area contributed by atoms with Crippen LogP contribution in [-0.4, -0.2) is 70.3 Å². The maximum Gasteiger partial charge on any atom is 0.323 e. The van der Waals surface area contributed by atoms with Crippen molar-refractivity contribution in [2.75, 3.05) is 20.3 Å². The molecule has 14 nitrogen and oxygen atoms in total. The van der Waals surface area contributed by atoms with Crippen LogP contribution < -0.4 is 25.5 Å². The van der Waals surface area contributed by atoms with E-state index < -0.39 is 49.3 Å². The van der Waals surface area contributed by atoms with E-state index in [0.29, 0.717) is 22.6 Å². The van der Waals surface area contributed by atoms with Gasteiger partial charge in [0.25, 0.3) is 5.91 Å². The van der Waals surface area contributed by atoms with Crippen molar-refractivity contribution in [3.8, 4) is 23.1 Å². The second-order valence-corrected chi connectivity index (χ2v) is 13.0. The fourth-order valence-electron chi connectivity index (χ4n) is 4.76. The van der Waals surface area contributed by atoms with Gasteiger partial charge in [-0.2, -0.15) is 4.98 Å². The third kappa shape index (κ3) is 9.26. The largest absolute Gasteiger partial charge is 0.497 e. The first-order valence-corrected chi connectivity index (χ1v) is 17.2. The Bertz CT molecular complexity index is 1760. The number of hydrogen-bond acceptors (Lipinski definition) is 11. The topological polar surface area (TPSA) is 191 Å². The molecule has 4 aromatic rings. The molecule has 0 bridgehead atoms. The number of carbonyl (C=O) groups is 3. The van der Waals surface area contributed by atoms with E-state index >= 15 is 0 Å². The first-order chi connectivity index (χ1) is 23.5. The highest BCUT2D eigenvalue weighted by atomic mass is 31.2. The molecule has 0 radical (unpaired) electrons. The van der Waals surface area contributed by atoms with E-state index in [1.165, 1.54) is 27.2 Å². The van der Waals surface area contributed by atoms with Crippen LogP contribution in [0.5, 0.6) is 11.6 Å². The maximum atomic E-state index is 14.4. The zero-order valence-electron chi connectivity index (χ0n) is 27.7.